The van der Waals surface area contributed by atoms with Crippen LogP contribution in [0.15, 0.2) is 32.8 Å². The predicted molar refractivity (Wildman–Crippen MR) is 100 cm³/mol. The average Bonchev–Trinajstić information content (AvgIpc) is 3.27. The lowest BCUT2D eigenvalue weighted by Gasteiger charge is -2.11. The summed E-state index contributed by atoms with van der Waals surface area (Å²) in [6.45, 7) is 3.35. The van der Waals surface area contributed by atoms with E-state index in [1.165, 1.54) is 10.8 Å². The first kappa shape index (κ1) is 17.7. The SMILES string of the molecule is Cc1ncc(F)c2c1CC(NCCCc1cn(C3=CNCC=N3)c(=O)o1)C2. The maximum atomic E-state index is 13.9. The number of nitrogens with one attached hydrogen (secondary N) is 2. The molecule has 0 fully saturated rings. The van der Waals surface area contributed by atoms with Crippen molar-refractivity contribution in [2.75, 3.05) is 13.1 Å². The summed E-state index contributed by atoms with van der Waals surface area (Å²) in [6, 6.07) is 0.224. The number of rotatable bonds is 6. The Hall–Kier alpha value is -2.74. The van der Waals surface area contributed by atoms with Gasteiger partial charge in [-0.25, -0.2) is 18.7 Å². The second kappa shape index (κ2) is 7.48. The van der Waals surface area contributed by atoms with Gasteiger partial charge in [-0.2, -0.15) is 0 Å². The van der Waals surface area contributed by atoms with Crippen molar-refractivity contribution in [2.24, 2.45) is 4.99 Å². The van der Waals surface area contributed by atoms with Gasteiger partial charge in [0.1, 0.15) is 11.6 Å². The zero-order valence-electron chi connectivity index (χ0n) is 15.2. The van der Waals surface area contributed by atoms with Crippen LogP contribution in [0.3, 0.4) is 0 Å². The van der Waals surface area contributed by atoms with E-state index in [9.17, 15) is 9.18 Å². The average molecular weight is 371 g/mol. The largest absolute Gasteiger partial charge is 0.425 e. The lowest BCUT2D eigenvalue weighted by atomic mass is 10.1. The third-order valence-corrected chi connectivity index (χ3v) is 4.99. The van der Waals surface area contributed by atoms with Crippen LogP contribution in [0.25, 0.3) is 5.82 Å². The Morgan fingerprint density at radius 3 is 3.04 bits per heavy atom. The van der Waals surface area contributed by atoms with Crippen molar-refractivity contribution in [3.8, 4) is 0 Å². The van der Waals surface area contributed by atoms with Crippen LogP contribution >= 0.6 is 0 Å². The van der Waals surface area contributed by atoms with Crippen LogP contribution in [0, 0.1) is 12.7 Å². The van der Waals surface area contributed by atoms with Crippen LogP contribution in [0.2, 0.25) is 0 Å². The van der Waals surface area contributed by atoms with Crippen LogP contribution in [0.5, 0.6) is 0 Å². The fourth-order valence-corrected chi connectivity index (χ4v) is 3.61. The minimum atomic E-state index is -0.435. The standard InChI is InChI=1S/C19H22FN5O2/c1-12-15-7-13(8-16(15)17(20)9-24-12)22-4-2-3-14-11-25(19(26)27-14)18-10-21-5-6-23-18/h6,9-11,13,21-22H,2-5,7-8H2,1H3. The molecule has 0 amide bonds. The molecule has 0 aromatic carbocycles. The Labute approximate surface area is 156 Å². The van der Waals surface area contributed by atoms with E-state index in [2.05, 4.69) is 20.6 Å². The van der Waals surface area contributed by atoms with E-state index in [0.717, 1.165) is 36.2 Å². The summed E-state index contributed by atoms with van der Waals surface area (Å²) in [7, 11) is 0. The molecule has 0 radical (unpaired) electrons. The summed E-state index contributed by atoms with van der Waals surface area (Å²) < 4.78 is 20.6. The van der Waals surface area contributed by atoms with E-state index < -0.39 is 5.76 Å². The quantitative estimate of drug-likeness (QED) is 0.750. The molecule has 142 valence electrons. The Balaban J connectivity index is 1.29. The van der Waals surface area contributed by atoms with E-state index in [4.69, 9.17) is 4.42 Å². The number of aryl methyl sites for hydroxylation is 2. The highest BCUT2D eigenvalue weighted by Crippen LogP contribution is 2.26. The van der Waals surface area contributed by atoms with Crippen LogP contribution in [0.4, 0.5) is 4.39 Å². The monoisotopic (exact) mass is 371 g/mol. The van der Waals surface area contributed by atoms with Gasteiger partial charge in [0.15, 0.2) is 5.82 Å². The van der Waals surface area contributed by atoms with Crippen molar-refractivity contribution in [3.63, 3.8) is 0 Å². The van der Waals surface area contributed by atoms with Crippen molar-refractivity contribution in [1.82, 2.24) is 20.2 Å². The van der Waals surface area contributed by atoms with Crippen LogP contribution < -0.4 is 16.4 Å². The number of aliphatic imine (C=N–C) groups is 1. The van der Waals surface area contributed by atoms with E-state index in [-0.39, 0.29) is 11.9 Å². The molecular formula is C19H22FN5O2. The molecule has 2 N–H and O–H groups in total. The molecule has 2 aromatic heterocycles. The van der Waals surface area contributed by atoms with Gasteiger partial charge < -0.3 is 15.1 Å². The molecule has 0 spiro atoms. The Morgan fingerprint density at radius 2 is 2.26 bits per heavy atom. The zero-order valence-corrected chi connectivity index (χ0v) is 15.2. The Bertz CT molecular complexity index is 928. The Kier molecular flexibility index (Phi) is 4.89. The van der Waals surface area contributed by atoms with Gasteiger partial charge in [-0.05, 0) is 43.9 Å². The highest BCUT2D eigenvalue weighted by atomic mass is 19.1. The van der Waals surface area contributed by atoms with Gasteiger partial charge >= 0.3 is 5.76 Å². The number of hydrogen-bond acceptors (Lipinski definition) is 6. The lowest BCUT2D eigenvalue weighted by molar-refractivity contribution is 0.447. The number of nitrogens with zero attached hydrogens (tertiary/aromatic N) is 3. The van der Waals surface area contributed by atoms with Crippen molar-refractivity contribution < 1.29 is 8.81 Å². The summed E-state index contributed by atoms with van der Waals surface area (Å²) in [5, 5.41) is 6.49. The first-order valence-corrected chi connectivity index (χ1v) is 9.16. The molecule has 0 saturated heterocycles. The number of hydrogen-bond donors (Lipinski definition) is 2. The molecule has 1 aliphatic carbocycles. The molecule has 1 aliphatic heterocycles. The second-order valence-corrected chi connectivity index (χ2v) is 6.87. The van der Waals surface area contributed by atoms with Gasteiger partial charge in [0.05, 0.1) is 12.4 Å². The van der Waals surface area contributed by atoms with Gasteiger partial charge in [-0.3, -0.25) is 4.98 Å². The molecule has 1 atom stereocenters. The van der Waals surface area contributed by atoms with Gasteiger partial charge in [-0.15, -0.1) is 0 Å². The predicted octanol–water partition coefficient (Wildman–Crippen LogP) is 1.40. The highest BCUT2D eigenvalue weighted by molar-refractivity contribution is 5.69. The number of pyridine rings is 1. The van der Waals surface area contributed by atoms with Crippen molar-refractivity contribution in [2.45, 2.75) is 38.6 Å². The molecule has 27 heavy (non-hydrogen) atoms. The molecule has 2 aromatic rings. The molecule has 8 heteroatoms. The highest BCUT2D eigenvalue weighted by Gasteiger charge is 2.25. The summed E-state index contributed by atoms with van der Waals surface area (Å²) in [4.78, 5) is 20.3. The molecule has 4 rings (SSSR count). The maximum Gasteiger partial charge on any atom is 0.425 e. The van der Waals surface area contributed by atoms with E-state index in [0.29, 0.717) is 31.0 Å². The van der Waals surface area contributed by atoms with Crippen LogP contribution in [-0.2, 0) is 19.3 Å². The van der Waals surface area contributed by atoms with Gasteiger partial charge in [0, 0.05) is 37.1 Å². The minimum Gasteiger partial charge on any atom is -0.413 e. The number of fused-ring (bicyclic) bond motifs is 1. The second-order valence-electron chi connectivity index (χ2n) is 6.87. The van der Waals surface area contributed by atoms with Gasteiger partial charge in [0.2, 0.25) is 0 Å². The van der Waals surface area contributed by atoms with Crippen molar-refractivity contribution in [1.29, 1.82) is 0 Å². The van der Waals surface area contributed by atoms with E-state index >= 15 is 0 Å². The summed E-state index contributed by atoms with van der Waals surface area (Å²) in [5.41, 5.74) is 2.73. The first-order valence-electron chi connectivity index (χ1n) is 9.16. The zero-order chi connectivity index (χ0) is 18.8. The smallest absolute Gasteiger partial charge is 0.413 e. The molecule has 1 unspecified atom stereocenters. The first-order chi connectivity index (χ1) is 13.1. The van der Waals surface area contributed by atoms with E-state index in [1.807, 2.05) is 6.92 Å². The molecule has 3 heterocycles. The normalized spacial score (nSPS) is 18.3. The third-order valence-electron chi connectivity index (χ3n) is 4.99. The fraction of sp³-hybridized carbons (Fsp3) is 0.421. The van der Waals surface area contributed by atoms with Gasteiger partial charge in [-0.1, -0.05) is 0 Å². The molecule has 0 bridgehead atoms. The van der Waals surface area contributed by atoms with Crippen LogP contribution in [0.1, 0.15) is 29.0 Å². The fourth-order valence-electron chi connectivity index (χ4n) is 3.61. The molecule has 0 saturated carbocycles. The van der Waals surface area contributed by atoms with E-state index in [1.54, 1.807) is 18.6 Å². The van der Waals surface area contributed by atoms with Crippen molar-refractivity contribution in [3.05, 3.63) is 57.5 Å². The summed E-state index contributed by atoms with van der Waals surface area (Å²) >= 11 is 0. The third kappa shape index (κ3) is 3.71. The summed E-state index contributed by atoms with van der Waals surface area (Å²) in [5.74, 6) is 0.505. The lowest BCUT2D eigenvalue weighted by Crippen LogP contribution is -2.30. The Morgan fingerprint density at radius 1 is 1.41 bits per heavy atom. The number of halogens is 1. The molecular weight excluding hydrogens is 349 g/mol. The summed E-state index contributed by atoms with van der Waals surface area (Å²) in [6.07, 6.45) is 9.35. The number of aromatic nitrogens is 2. The maximum absolute atomic E-state index is 13.9. The minimum absolute atomic E-state index is 0.211. The number of oxazole rings is 1. The van der Waals surface area contributed by atoms with Gasteiger partial charge in [0.25, 0.3) is 0 Å². The van der Waals surface area contributed by atoms with Crippen LogP contribution in [-0.4, -0.2) is 34.9 Å². The topological polar surface area (TPSA) is 84.5 Å². The molecule has 2 aliphatic rings. The molecule has 7 nitrogen and oxygen atoms in total. The van der Waals surface area contributed by atoms with Crippen molar-refractivity contribution >= 4 is 12.0 Å².